The van der Waals surface area contributed by atoms with E-state index in [4.69, 9.17) is 16.9 Å². The first-order chi connectivity index (χ1) is 11.0. The fraction of sp³-hybridized carbons (Fsp3) is 0.200. The molecule has 0 spiro atoms. The van der Waals surface area contributed by atoms with Gasteiger partial charge in [-0.2, -0.15) is 36.9 Å². The number of anilines is 1. The molecular weight excluding hydrogens is 336 g/mol. The van der Waals surface area contributed by atoms with Crippen LogP contribution in [0.4, 0.5) is 32.0 Å². The topological polar surface area (TPSA) is 50.8 Å². The fourth-order valence-electron chi connectivity index (χ4n) is 1.65. The van der Waals surface area contributed by atoms with Crippen molar-refractivity contribution in [1.29, 1.82) is 10.5 Å². The lowest BCUT2D eigenvalue weighted by molar-refractivity contribution is -0.143. The highest BCUT2D eigenvalue weighted by atomic mass is 19.4. The van der Waals surface area contributed by atoms with Crippen LogP contribution in [0, 0.1) is 35.0 Å². The average molecular weight is 343 g/mol. The first-order valence-electron chi connectivity index (χ1n) is 6.04. The van der Waals surface area contributed by atoms with Crippen molar-refractivity contribution >= 4 is 5.69 Å². The van der Waals surface area contributed by atoms with E-state index in [-0.39, 0.29) is 6.07 Å². The third-order valence-corrected chi connectivity index (χ3v) is 2.69. The molecule has 24 heavy (non-hydrogen) atoms. The first-order valence-corrected chi connectivity index (χ1v) is 6.04. The van der Waals surface area contributed by atoms with E-state index >= 15 is 0 Å². The zero-order chi connectivity index (χ0) is 18.5. The third-order valence-electron chi connectivity index (χ3n) is 2.69. The second-order valence-electron chi connectivity index (χ2n) is 4.36. The van der Waals surface area contributed by atoms with Gasteiger partial charge in [0.15, 0.2) is 0 Å². The third kappa shape index (κ3) is 4.69. The van der Waals surface area contributed by atoms with E-state index in [1.54, 1.807) is 0 Å². The minimum Gasteiger partial charge on any atom is -0.334 e. The Labute approximate surface area is 133 Å². The second kappa shape index (κ2) is 6.97. The second-order valence-corrected chi connectivity index (χ2v) is 4.36. The van der Waals surface area contributed by atoms with E-state index in [1.165, 1.54) is 12.1 Å². The van der Waals surface area contributed by atoms with Gasteiger partial charge in [-0.25, -0.2) is 0 Å². The van der Waals surface area contributed by atoms with Gasteiger partial charge in [-0.1, -0.05) is 5.92 Å². The van der Waals surface area contributed by atoms with Gasteiger partial charge >= 0.3 is 12.4 Å². The van der Waals surface area contributed by atoms with Gasteiger partial charge in [-0.3, -0.25) is 0 Å². The van der Waals surface area contributed by atoms with E-state index in [0.29, 0.717) is 12.1 Å². The molecule has 1 rings (SSSR count). The molecule has 0 aliphatic carbocycles. The molecule has 3 nitrogen and oxygen atoms in total. The number of benzene rings is 1. The Morgan fingerprint density at radius 2 is 1.46 bits per heavy atom. The lowest BCUT2D eigenvalue weighted by Gasteiger charge is -2.21. The number of allylic oxidation sites excluding steroid dienone is 1. The zero-order valence-corrected chi connectivity index (χ0v) is 11.7. The van der Waals surface area contributed by atoms with Crippen LogP contribution in [-0.2, 0) is 12.4 Å². The molecule has 0 heterocycles. The molecule has 0 radical (unpaired) electrons. The molecule has 0 bridgehead atoms. The zero-order valence-electron chi connectivity index (χ0n) is 11.7. The summed E-state index contributed by atoms with van der Waals surface area (Å²) in [7, 11) is 0. The number of halogens is 6. The van der Waals surface area contributed by atoms with Crippen molar-refractivity contribution in [2.75, 3.05) is 11.4 Å². The van der Waals surface area contributed by atoms with Crippen LogP contribution in [0.2, 0.25) is 0 Å². The van der Waals surface area contributed by atoms with E-state index in [1.807, 2.05) is 5.92 Å². The first kappa shape index (κ1) is 18.9. The van der Waals surface area contributed by atoms with Crippen molar-refractivity contribution in [2.45, 2.75) is 12.4 Å². The van der Waals surface area contributed by atoms with Gasteiger partial charge < -0.3 is 4.90 Å². The fourth-order valence-corrected chi connectivity index (χ4v) is 1.65. The molecule has 0 N–H and O–H groups in total. The summed E-state index contributed by atoms with van der Waals surface area (Å²) in [6.07, 6.45) is -4.21. The number of rotatable bonds is 3. The maximum atomic E-state index is 12.8. The Kier molecular flexibility index (Phi) is 5.50. The van der Waals surface area contributed by atoms with E-state index in [2.05, 4.69) is 0 Å². The van der Waals surface area contributed by atoms with E-state index in [0.717, 1.165) is 11.1 Å². The minimum atomic E-state index is -5.02. The van der Waals surface area contributed by atoms with Gasteiger partial charge in [0.05, 0.1) is 17.7 Å². The summed E-state index contributed by atoms with van der Waals surface area (Å²) in [5.74, 6) is 2.04. The molecule has 124 valence electrons. The number of terminal acetylenes is 1. The molecule has 0 amide bonds. The number of nitrogens with zero attached hydrogens (tertiary/aromatic N) is 3. The van der Waals surface area contributed by atoms with Gasteiger partial charge in [0.1, 0.15) is 17.7 Å². The molecule has 0 aliphatic heterocycles. The summed E-state index contributed by atoms with van der Waals surface area (Å²) < 4.78 is 77.0. The summed E-state index contributed by atoms with van der Waals surface area (Å²) in [5, 5.41) is 17.4. The van der Waals surface area contributed by atoms with Gasteiger partial charge in [-0.05, 0) is 18.2 Å². The molecule has 0 unspecified atom stereocenters. The van der Waals surface area contributed by atoms with Crippen LogP contribution < -0.4 is 4.90 Å². The maximum Gasteiger partial charge on any atom is 0.416 e. The van der Waals surface area contributed by atoms with Crippen LogP contribution >= 0.6 is 0 Å². The van der Waals surface area contributed by atoms with E-state index < -0.39 is 41.3 Å². The molecule has 0 saturated carbocycles. The Hall–Kier alpha value is -3.12. The Balaban J connectivity index is 3.60. The molecule has 0 fully saturated rings. The number of hydrogen-bond donors (Lipinski definition) is 0. The summed E-state index contributed by atoms with van der Waals surface area (Å²) >= 11 is 0. The van der Waals surface area contributed by atoms with E-state index in [9.17, 15) is 26.3 Å². The van der Waals surface area contributed by atoms with Crippen molar-refractivity contribution < 1.29 is 26.3 Å². The Morgan fingerprint density at radius 1 is 1.00 bits per heavy atom. The predicted molar refractivity (Wildman–Crippen MR) is 71.9 cm³/mol. The normalized spacial score (nSPS) is 11.0. The largest absolute Gasteiger partial charge is 0.416 e. The molecule has 0 atom stereocenters. The van der Waals surface area contributed by atoms with Crippen molar-refractivity contribution in [3.05, 3.63) is 41.1 Å². The van der Waals surface area contributed by atoms with Crippen molar-refractivity contribution in [3.8, 4) is 24.5 Å². The van der Waals surface area contributed by atoms with Gasteiger partial charge in [0, 0.05) is 11.9 Å². The molecule has 0 aromatic heterocycles. The lowest BCUT2D eigenvalue weighted by atomic mass is 10.1. The number of nitriles is 2. The van der Waals surface area contributed by atoms with Crippen LogP contribution in [0.1, 0.15) is 11.1 Å². The highest BCUT2D eigenvalue weighted by Gasteiger charge is 2.37. The Morgan fingerprint density at radius 3 is 1.79 bits per heavy atom. The molecule has 1 aromatic carbocycles. The molecule has 9 heteroatoms. The van der Waals surface area contributed by atoms with Crippen LogP contribution in [0.3, 0.4) is 0 Å². The molecule has 1 aromatic rings. The number of hydrogen-bond acceptors (Lipinski definition) is 3. The highest BCUT2D eigenvalue weighted by Crippen LogP contribution is 2.38. The van der Waals surface area contributed by atoms with Crippen LogP contribution in [-0.4, -0.2) is 6.54 Å². The highest BCUT2D eigenvalue weighted by molar-refractivity contribution is 5.57. The lowest BCUT2D eigenvalue weighted by Crippen LogP contribution is -2.19. The quantitative estimate of drug-likeness (QED) is 0.472. The summed E-state index contributed by atoms with van der Waals surface area (Å²) in [6, 6.07) is 3.77. The summed E-state index contributed by atoms with van der Waals surface area (Å²) in [4.78, 5) is 0.784. The summed E-state index contributed by atoms with van der Waals surface area (Å²) in [6.45, 7) is -0.439. The standard InChI is InChI=1S/C15H7F6N3/c1-2-3-24(9-10(7-22)8-23)13-5-11(14(16,17)18)4-12(6-13)15(19,20)21/h1,4-6,9H,3H2. The molecule has 0 saturated heterocycles. The van der Waals surface area contributed by atoms with Crippen molar-refractivity contribution in [1.82, 2.24) is 0 Å². The molecular formula is C15H7F6N3. The van der Waals surface area contributed by atoms with Crippen LogP contribution in [0.15, 0.2) is 30.0 Å². The predicted octanol–water partition coefficient (Wildman–Crippen LogP) is 4.09. The maximum absolute atomic E-state index is 12.8. The molecule has 0 aliphatic rings. The van der Waals surface area contributed by atoms with Gasteiger partial charge in [-0.15, -0.1) is 6.42 Å². The van der Waals surface area contributed by atoms with Crippen molar-refractivity contribution in [2.24, 2.45) is 0 Å². The van der Waals surface area contributed by atoms with Crippen LogP contribution in [0.25, 0.3) is 0 Å². The SMILES string of the molecule is C#CCN(C=C(C#N)C#N)c1cc(C(F)(F)F)cc(C(F)(F)F)c1. The summed E-state index contributed by atoms with van der Waals surface area (Å²) in [5.41, 5.74) is -4.13. The monoisotopic (exact) mass is 343 g/mol. The van der Waals surface area contributed by atoms with Gasteiger partial charge in [0.2, 0.25) is 0 Å². The number of alkyl halides is 6. The van der Waals surface area contributed by atoms with Crippen LogP contribution in [0.5, 0.6) is 0 Å². The minimum absolute atomic E-state index is 0.0310. The Bertz CT molecular complexity index is 721. The average Bonchev–Trinajstić information content (AvgIpc) is 2.49. The van der Waals surface area contributed by atoms with Crippen molar-refractivity contribution in [3.63, 3.8) is 0 Å². The smallest absolute Gasteiger partial charge is 0.334 e. The van der Waals surface area contributed by atoms with Gasteiger partial charge in [0.25, 0.3) is 0 Å².